The number of carbonyl (C=O) groups is 1. The van der Waals surface area contributed by atoms with Gasteiger partial charge in [-0.15, -0.1) is 0 Å². The first-order valence-corrected chi connectivity index (χ1v) is 7.19. The molecule has 2 aromatic rings. The number of nitrogen functional groups attached to an aromatic ring is 1. The molecule has 0 heterocycles. The smallest absolute Gasteiger partial charge is 0.253 e. The van der Waals surface area contributed by atoms with Crippen LogP contribution in [0.15, 0.2) is 46.9 Å². The first-order chi connectivity index (χ1) is 9.47. The van der Waals surface area contributed by atoms with Crippen LogP contribution in [0, 0.1) is 0 Å². The van der Waals surface area contributed by atoms with Crippen LogP contribution >= 0.6 is 27.5 Å². The number of nitrogens with two attached hydrogens (primary N) is 1. The third-order valence-electron chi connectivity index (χ3n) is 2.91. The van der Waals surface area contributed by atoms with Gasteiger partial charge in [-0.05, 0) is 51.8 Å². The van der Waals surface area contributed by atoms with Crippen molar-refractivity contribution in [2.45, 2.75) is 6.54 Å². The molecule has 0 spiro atoms. The molecule has 2 rings (SSSR count). The molecule has 0 aliphatic carbocycles. The van der Waals surface area contributed by atoms with Crippen LogP contribution in [0.2, 0.25) is 5.02 Å². The Hall–Kier alpha value is -1.52. The second-order valence-electron chi connectivity index (χ2n) is 4.53. The fraction of sp³-hybridized carbons (Fsp3) is 0.133. The molecular weight excluding hydrogens is 340 g/mol. The lowest BCUT2D eigenvalue weighted by Crippen LogP contribution is -2.26. The number of rotatable bonds is 3. The summed E-state index contributed by atoms with van der Waals surface area (Å²) in [5, 5.41) is 0.525. The van der Waals surface area contributed by atoms with Crippen molar-refractivity contribution in [2.24, 2.45) is 0 Å². The molecule has 0 radical (unpaired) electrons. The molecule has 5 heteroatoms. The van der Waals surface area contributed by atoms with Crippen LogP contribution in [0.4, 0.5) is 5.69 Å². The number of anilines is 1. The van der Waals surface area contributed by atoms with Gasteiger partial charge in [-0.1, -0.05) is 23.7 Å². The van der Waals surface area contributed by atoms with E-state index in [9.17, 15) is 4.79 Å². The van der Waals surface area contributed by atoms with Gasteiger partial charge >= 0.3 is 0 Å². The highest BCUT2D eigenvalue weighted by atomic mass is 79.9. The molecule has 0 saturated heterocycles. The summed E-state index contributed by atoms with van der Waals surface area (Å²) in [5.74, 6) is -0.0729. The predicted molar refractivity (Wildman–Crippen MR) is 85.8 cm³/mol. The van der Waals surface area contributed by atoms with Crippen LogP contribution in [0.1, 0.15) is 15.9 Å². The summed E-state index contributed by atoms with van der Waals surface area (Å²) >= 11 is 9.32. The van der Waals surface area contributed by atoms with Crippen LogP contribution in [0.25, 0.3) is 0 Å². The summed E-state index contributed by atoms with van der Waals surface area (Å²) in [6.07, 6.45) is 0. The molecule has 2 N–H and O–H groups in total. The lowest BCUT2D eigenvalue weighted by Gasteiger charge is -2.17. The molecular formula is C15H14BrClN2O. The molecule has 20 heavy (non-hydrogen) atoms. The number of amides is 1. The molecule has 0 aromatic heterocycles. The quantitative estimate of drug-likeness (QED) is 0.849. The summed E-state index contributed by atoms with van der Waals surface area (Å²) in [4.78, 5) is 14.0. The second-order valence-corrected chi connectivity index (χ2v) is 5.79. The SMILES string of the molecule is CN(Cc1ccc(N)cc1)C(=O)c1ccc(Br)c(Cl)c1. The van der Waals surface area contributed by atoms with Gasteiger partial charge in [-0.2, -0.15) is 0 Å². The number of hydrogen-bond acceptors (Lipinski definition) is 2. The van der Waals surface area contributed by atoms with Crippen molar-refractivity contribution in [3.05, 3.63) is 63.1 Å². The maximum atomic E-state index is 12.3. The second kappa shape index (κ2) is 6.29. The van der Waals surface area contributed by atoms with E-state index >= 15 is 0 Å². The van der Waals surface area contributed by atoms with Gasteiger partial charge in [0.05, 0.1) is 5.02 Å². The standard InChI is InChI=1S/C15H14BrClN2O/c1-19(9-10-2-5-12(18)6-3-10)15(20)11-4-7-13(16)14(17)8-11/h2-8H,9,18H2,1H3. The average molecular weight is 354 g/mol. The molecule has 0 unspecified atom stereocenters. The third-order valence-corrected chi connectivity index (χ3v) is 4.15. The van der Waals surface area contributed by atoms with Gasteiger partial charge in [0.1, 0.15) is 0 Å². The monoisotopic (exact) mass is 352 g/mol. The lowest BCUT2D eigenvalue weighted by atomic mass is 10.1. The van der Waals surface area contributed by atoms with Crippen LogP contribution in [-0.4, -0.2) is 17.9 Å². The van der Waals surface area contributed by atoms with Crippen molar-refractivity contribution in [1.29, 1.82) is 0 Å². The van der Waals surface area contributed by atoms with Crippen molar-refractivity contribution >= 4 is 39.1 Å². The molecule has 0 saturated carbocycles. The van der Waals surface area contributed by atoms with Gasteiger partial charge < -0.3 is 10.6 Å². The van der Waals surface area contributed by atoms with Crippen molar-refractivity contribution in [2.75, 3.05) is 12.8 Å². The molecule has 1 amide bonds. The van der Waals surface area contributed by atoms with Gasteiger partial charge in [-0.3, -0.25) is 4.79 Å². The Bertz CT molecular complexity index is 628. The Morgan fingerprint density at radius 2 is 1.90 bits per heavy atom. The summed E-state index contributed by atoms with van der Waals surface area (Å²) in [7, 11) is 1.76. The summed E-state index contributed by atoms with van der Waals surface area (Å²) in [6.45, 7) is 0.521. The highest BCUT2D eigenvalue weighted by Gasteiger charge is 2.13. The Labute approximate surface area is 131 Å². The lowest BCUT2D eigenvalue weighted by molar-refractivity contribution is 0.0785. The number of nitrogens with zero attached hydrogens (tertiary/aromatic N) is 1. The van der Waals surface area contributed by atoms with Gasteiger partial charge in [0.15, 0.2) is 0 Å². The molecule has 2 aromatic carbocycles. The van der Waals surface area contributed by atoms with Crippen LogP contribution in [0.5, 0.6) is 0 Å². The van der Waals surface area contributed by atoms with Crippen LogP contribution in [-0.2, 0) is 6.54 Å². The molecule has 0 fully saturated rings. The van der Waals surface area contributed by atoms with E-state index in [1.807, 2.05) is 24.3 Å². The fourth-order valence-electron chi connectivity index (χ4n) is 1.82. The Morgan fingerprint density at radius 1 is 1.25 bits per heavy atom. The van der Waals surface area contributed by atoms with E-state index in [0.29, 0.717) is 22.8 Å². The van der Waals surface area contributed by atoms with E-state index in [0.717, 1.165) is 10.0 Å². The van der Waals surface area contributed by atoms with E-state index in [1.165, 1.54) is 0 Å². The zero-order valence-corrected chi connectivity index (χ0v) is 13.3. The highest BCUT2D eigenvalue weighted by molar-refractivity contribution is 9.10. The van der Waals surface area contributed by atoms with Gasteiger partial charge in [-0.25, -0.2) is 0 Å². The van der Waals surface area contributed by atoms with Crippen LogP contribution in [0.3, 0.4) is 0 Å². The number of carbonyl (C=O) groups excluding carboxylic acids is 1. The molecule has 3 nitrogen and oxygen atoms in total. The molecule has 0 bridgehead atoms. The highest BCUT2D eigenvalue weighted by Crippen LogP contribution is 2.24. The van der Waals surface area contributed by atoms with Gasteiger partial charge in [0, 0.05) is 29.3 Å². The Balaban J connectivity index is 2.11. The van der Waals surface area contributed by atoms with E-state index < -0.39 is 0 Å². The minimum absolute atomic E-state index is 0.0729. The maximum absolute atomic E-state index is 12.3. The van der Waals surface area contributed by atoms with E-state index in [-0.39, 0.29) is 5.91 Å². The average Bonchev–Trinajstić information content (AvgIpc) is 2.43. The molecule has 0 aliphatic heterocycles. The van der Waals surface area contributed by atoms with Crippen molar-refractivity contribution in [3.8, 4) is 0 Å². The topological polar surface area (TPSA) is 46.3 Å². The maximum Gasteiger partial charge on any atom is 0.253 e. The molecule has 104 valence electrons. The first kappa shape index (κ1) is 14.9. The molecule has 0 atom stereocenters. The Morgan fingerprint density at radius 3 is 2.50 bits per heavy atom. The fourth-order valence-corrected chi connectivity index (χ4v) is 2.25. The predicted octanol–water partition coefficient (Wildman–Crippen LogP) is 3.96. The van der Waals surface area contributed by atoms with E-state index in [2.05, 4.69) is 15.9 Å². The van der Waals surface area contributed by atoms with E-state index in [1.54, 1.807) is 30.1 Å². The zero-order valence-electron chi connectivity index (χ0n) is 10.9. The van der Waals surface area contributed by atoms with E-state index in [4.69, 9.17) is 17.3 Å². The normalized spacial score (nSPS) is 10.3. The molecule has 0 aliphatic rings. The third kappa shape index (κ3) is 3.52. The Kier molecular flexibility index (Phi) is 4.68. The summed E-state index contributed by atoms with van der Waals surface area (Å²) < 4.78 is 0.775. The minimum Gasteiger partial charge on any atom is -0.399 e. The zero-order chi connectivity index (χ0) is 14.7. The van der Waals surface area contributed by atoms with Gasteiger partial charge in [0.2, 0.25) is 0 Å². The number of benzene rings is 2. The van der Waals surface area contributed by atoms with Crippen molar-refractivity contribution in [3.63, 3.8) is 0 Å². The minimum atomic E-state index is -0.0729. The van der Waals surface area contributed by atoms with Crippen molar-refractivity contribution in [1.82, 2.24) is 4.90 Å². The largest absolute Gasteiger partial charge is 0.399 e. The number of halogens is 2. The summed E-state index contributed by atoms with van der Waals surface area (Å²) in [5.41, 5.74) is 7.94. The van der Waals surface area contributed by atoms with Gasteiger partial charge in [0.25, 0.3) is 5.91 Å². The first-order valence-electron chi connectivity index (χ1n) is 6.02. The van der Waals surface area contributed by atoms with Crippen molar-refractivity contribution < 1.29 is 4.79 Å². The number of hydrogen-bond donors (Lipinski definition) is 1. The van der Waals surface area contributed by atoms with Crippen LogP contribution < -0.4 is 5.73 Å². The summed E-state index contributed by atoms with van der Waals surface area (Å²) in [6, 6.07) is 12.6.